The van der Waals surface area contributed by atoms with E-state index in [9.17, 15) is 4.79 Å². The summed E-state index contributed by atoms with van der Waals surface area (Å²) in [5.74, 6) is 2.43. The molecule has 0 radical (unpaired) electrons. The molecule has 0 fully saturated rings. The standard InChI is InChI=1S/C20H21NO3S/c1-12(2)9-21-10-15-16(23-11-21)7-13(3)18-19(22)17(24-20(15)18)8-14-5-4-6-25-14/h4-8,12H,9-11H2,1-3H3/b17-8-. The van der Waals surface area contributed by atoms with Crippen molar-refractivity contribution < 1.29 is 14.3 Å². The van der Waals surface area contributed by atoms with E-state index in [1.54, 1.807) is 11.3 Å². The summed E-state index contributed by atoms with van der Waals surface area (Å²) in [4.78, 5) is 16.1. The molecule has 1 aromatic heterocycles. The van der Waals surface area contributed by atoms with Gasteiger partial charge in [0.1, 0.15) is 18.2 Å². The fourth-order valence-corrected chi connectivity index (χ4v) is 4.06. The van der Waals surface area contributed by atoms with E-state index in [2.05, 4.69) is 18.7 Å². The van der Waals surface area contributed by atoms with Gasteiger partial charge in [-0.25, -0.2) is 0 Å². The molecule has 2 aromatic rings. The van der Waals surface area contributed by atoms with Crippen molar-refractivity contribution >= 4 is 23.2 Å². The number of ketones is 1. The number of aryl methyl sites for hydroxylation is 1. The van der Waals surface area contributed by atoms with Gasteiger partial charge in [0.05, 0.1) is 11.1 Å². The summed E-state index contributed by atoms with van der Waals surface area (Å²) in [5.41, 5.74) is 2.57. The van der Waals surface area contributed by atoms with Crippen molar-refractivity contribution in [1.82, 2.24) is 4.90 Å². The van der Waals surface area contributed by atoms with E-state index in [-0.39, 0.29) is 5.78 Å². The van der Waals surface area contributed by atoms with E-state index in [1.165, 1.54) is 0 Å². The predicted octanol–water partition coefficient (Wildman–Crippen LogP) is 4.48. The molecule has 3 heterocycles. The summed E-state index contributed by atoms with van der Waals surface area (Å²) in [6.45, 7) is 8.60. The molecule has 2 aliphatic heterocycles. The maximum Gasteiger partial charge on any atom is 0.232 e. The SMILES string of the molecule is Cc1cc2c(c3c1C(=O)/C(=C/c1cccs1)O3)CN(CC(C)C)CO2. The summed E-state index contributed by atoms with van der Waals surface area (Å²) in [6.07, 6.45) is 1.83. The number of ether oxygens (including phenoxy) is 2. The third-order valence-corrected chi connectivity index (χ3v) is 5.25. The Hall–Kier alpha value is -2.11. The van der Waals surface area contributed by atoms with Gasteiger partial charge in [-0.05, 0) is 35.9 Å². The highest BCUT2D eigenvalue weighted by molar-refractivity contribution is 7.10. The van der Waals surface area contributed by atoms with Crippen LogP contribution < -0.4 is 9.47 Å². The summed E-state index contributed by atoms with van der Waals surface area (Å²) >= 11 is 1.59. The molecule has 0 bridgehead atoms. The molecule has 4 rings (SSSR count). The van der Waals surface area contributed by atoms with Crippen LogP contribution in [0.5, 0.6) is 11.5 Å². The van der Waals surface area contributed by atoms with E-state index in [0.717, 1.165) is 34.8 Å². The Labute approximate surface area is 151 Å². The van der Waals surface area contributed by atoms with Crippen LogP contribution in [0.4, 0.5) is 0 Å². The molecule has 2 aliphatic rings. The molecule has 0 amide bonds. The minimum Gasteiger partial charge on any atom is -0.478 e. The number of thiophene rings is 1. The fraction of sp³-hybridized carbons (Fsp3) is 0.350. The molecule has 130 valence electrons. The molecule has 0 unspecified atom stereocenters. The zero-order chi connectivity index (χ0) is 17.6. The Kier molecular flexibility index (Phi) is 4.13. The molecule has 0 atom stereocenters. The first-order valence-electron chi connectivity index (χ1n) is 8.52. The molecular weight excluding hydrogens is 334 g/mol. The third kappa shape index (κ3) is 2.98. The average Bonchev–Trinajstić information content (AvgIpc) is 3.17. The second-order valence-electron chi connectivity index (χ2n) is 7.01. The van der Waals surface area contributed by atoms with E-state index >= 15 is 0 Å². The number of carbonyl (C=O) groups is 1. The number of Topliss-reactive ketones (excluding diaryl/α,β-unsaturated/α-hetero) is 1. The topological polar surface area (TPSA) is 38.8 Å². The maximum atomic E-state index is 12.8. The first kappa shape index (κ1) is 16.4. The quantitative estimate of drug-likeness (QED) is 0.761. The average molecular weight is 355 g/mol. The number of nitrogens with zero attached hydrogens (tertiary/aromatic N) is 1. The van der Waals surface area contributed by atoms with Gasteiger partial charge >= 0.3 is 0 Å². The van der Waals surface area contributed by atoms with Gasteiger partial charge < -0.3 is 9.47 Å². The van der Waals surface area contributed by atoms with Crippen LogP contribution in [-0.2, 0) is 6.54 Å². The molecule has 25 heavy (non-hydrogen) atoms. The van der Waals surface area contributed by atoms with Crippen LogP contribution in [0.1, 0.15) is 40.2 Å². The van der Waals surface area contributed by atoms with Gasteiger partial charge in [0.2, 0.25) is 5.78 Å². The van der Waals surface area contributed by atoms with Crippen molar-refractivity contribution in [2.75, 3.05) is 13.3 Å². The summed E-state index contributed by atoms with van der Waals surface area (Å²) in [6, 6.07) is 5.91. The number of rotatable bonds is 3. The number of benzene rings is 1. The molecular formula is C20H21NO3S. The van der Waals surface area contributed by atoms with Crippen LogP contribution in [0.3, 0.4) is 0 Å². The van der Waals surface area contributed by atoms with Crippen LogP contribution in [0.15, 0.2) is 29.3 Å². The lowest BCUT2D eigenvalue weighted by atomic mass is 9.98. The lowest BCUT2D eigenvalue weighted by Crippen LogP contribution is -2.35. The van der Waals surface area contributed by atoms with E-state index in [0.29, 0.717) is 29.7 Å². The predicted molar refractivity (Wildman–Crippen MR) is 99.2 cm³/mol. The van der Waals surface area contributed by atoms with E-state index in [1.807, 2.05) is 36.6 Å². The highest BCUT2D eigenvalue weighted by atomic mass is 32.1. The third-order valence-electron chi connectivity index (χ3n) is 4.43. The number of carbonyl (C=O) groups excluding carboxylic acids is 1. The minimum absolute atomic E-state index is 0.0373. The Balaban J connectivity index is 1.72. The number of hydrogen-bond donors (Lipinski definition) is 0. The van der Waals surface area contributed by atoms with Crippen molar-refractivity contribution in [2.24, 2.45) is 5.92 Å². The van der Waals surface area contributed by atoms with Gasteiger partial charge in [-0.3, -0.25) is 9.69 Å². The molecule has 5 heteroatoms. The second kappa shape index (κ2) is 6.32. The first-order valence-corrected chi connectivity index (χ1v) is 9.40. The highest BCUT2D eigenvalue weighted by Crippen LogP contribution is 2.44. The van der Waals surface area contributed by atoms with Gasteiger partial charge in [-0.1, -0.05) is 19.9 Å². The molecule has 0 saturated carbocycles. The van der Waals surface area contributed by atoms with Crippen LogP contribution in [0.2, 0.25) is 0 Å². The van der Waals surface area contributed by atoms with E-state index in [4.69, 9.17) is 9.47 Å². The zero-order valence-electron chi connectivity index (χ0n) is 14.7. The van der Waals surface area contributed by atoms with Crippen molar-refractivity contribution in [1.29, 1.82) is 0 Å². The monoisotopic (exact) mass is 355 g/mol. The number of hydrogen-bond acceptors (Lipinski definition) is 5. The first-order chi connectivity index (χ1) is 12.0. The van der Waals surface area contributed by atoms with Gasteiger partial charge in [0.25, 0.3) is 0 Å². The molecule has 0 spiro atoms. The van der Waals surface area contributed by atoms with Crippen LogP contribution >= 0.6 is 11.3 Å². The van der Waals surface area contributed by atoms with Gasteiger partial charge in [-0.2, -0.15) is 0 Å². The maximum absolute atomic E-state index is 12.8. The highest BCUT2D eigenvalue weighted by Gasteiger charge is 2.35. The normalized spacial score (nSPS) is 18.2. The van der Waals surface area contributed by atoms with E-state index < -0.39 is 0 Å². The zero-order valence-corrected chi connectivity index (χ0v) is 15.5. The number of allylic oxidation sites excluding steroid dienone is 1. The Morgan fingerprint density at radius 2 is 2.24 bits per heavy atom. The largest absolute Gasteiger partial charge is 0.478 e. The van der Waals surface area contributed by atoms with Crippen LogP contribution in [0, 0.1) is 12.8 Å². The Morgan fingerprint density at radius 1 is 1.40 bits per heavy atom. The number of fused-ring (bicyclic) bond motifs is 3. The van der Waals surface area contributed by atoms with Crippen molar-refractivity contribution in [3.63, 3.8) is 0 Å². The molecule has 0 N–H and O–H groups in total. The Morgan fingerprint density at radius 3 is 2.96 bits per heavy atom. The van der Waals surface area contributed by atoms with Crippen LogP contribution in [0.25, 0.3) is 6.08 Å². The van der Waals surface area contributed by atoms with Gasteiger partial charge in [0.15, 0.2) is 5.76 Å². The smallest absolute Gasteiger partial charge is 0.232 e. The minimum atomic E-state index is -0.0373. The summed E-state index contributed by atoms with van der Waals surface area (Å²) in [5, 5.41) is 1.99. The summed E-state index contributed by atoms with van der Waals surface area (Å²) < 4.78 is 12.0. The van der Waals surface area contributed by atoms with Crippen molar-refractivity contribution in [3.05, 3.63) is 50.9 Å². The van der Waals surface area contributed by atoms with Crippen molar-refractivity contribution in [2.45, 2.75) is 27.3 Å². The Bertz CT molecular complexity index is 852. The molecule has 4 nitrogen and oxygen atoms in total. The lowest BCUT2D eigenvalue weighted by Gasteiger charge is -2.31. The molecule has 0 saturated heterocycles. The summed E-state index contributed by atoms with van der Waals surface area (Å²) in [7, 11) is 0. The van der Waals surface area contributed by atoms with Gasteiger partial charge in [-0.15, -0.1) is 11.3 Å². The molecule has 0 aliphatic carbocycles. The van der Waals surface area contributed by atoms with Crippen molar-refractivity contribution in [3.8, 4) is 11.5 Å². The van der Waals surface area contributed by atoms with Crippen LogP contribution in [-0.4, -0.2) is 24.0 Å². The fourth-order valence-electron chi connectivity index (χ4n) is 3.41. The van der Waals surface area contributed by atoms with Gasteiger partial charge in [0, 0.05) is 24.0 Å². The molecule has 1 aromatic carbocycles. The second-order valence-corrected chi connectivity index (χ2v) is 7.99. The lowest BCUT2D eigenvalue weighted by molar-refractivity contribution is 0.0831.